The molecule has 1 aliphatic rings. The van der Waals surface area contributed by atoms with Gasteiger partial charge in [-0.3, -0.25) is 0 Å². The first-order valence-corrected chi connectivity index (χ1v) is 7.60. The molecule has 108 valence electrons. The highest BCUT2D eigenvalue weighted by atomic mass is 16.5. The smallest absolute Gasteiger partial charge is 0.228 e. The van der Waals surface area contributed by atoms with Gasteiger partial charge in [0.15, 0.2) is 5.82 Å². The average molecular weight is 265 g/mol. The van der Waals surface area contributed by atoms with Crippen molar-refractivity contribution in [2.75, 3.05) is 7.05 Å². The van der Waals surface area contributed by atoms with Gasteiger partial charge in [-0.05, 0) is 31.7 Å². The maximum Gasteiger partial charge on any atom is 0.228 e. The fraction of sp³-hybridized carbons (Fsp3) is 0.867. The highest BCUT2D eigenvalue weighted by molar-refractivity contribution is 4.98. The Morgan fingerprint density at radius 2 is 1.95 bits per heavy atom. The minimum atomic E-state index is 0.402. The van der Waals surface area contributed by atoms with E-state index < -0.39 is 0 Å². The molecule has 0 spiro atoms. The molecule has 1 fully saturated rings. The van der Waals surface area contributed by atoms with Gasteiger partial charge in [0, 0.05) is 18.4 Å². The van der Waals surface area contributed by atoms with E-state index in [4.69, 9.17) is 4.52 Å². The fourth-order valence-electron chi connectivity index (χ4n) is 2.89. The molecule has 1 aliphatic carbocycles. The molecule has 19 heavy (non-hydrogen) atoms. The number of nitrogens with one attached hydrogen (secondary N) is 1. The van der Waals surface area contributed by atoms with E-state index in [0.29, 0.717) is 17.9 Å². The van der Waals surface area contributed by atoms with Crippen LogP contribution in [0.3, 0.4) is 0 Å². The Kier molecular flexibility index (Phi) is 4.97. The maximum absolute atomic E-state index is 5.43. The number of hydrogen-bond donors (Lipinski definition) is 1. The molecule has 0 bridgehead atoms. The SMILES string of the molecule is CNC(Cc1nc(C2CCC(C)CC2)no1)C(C)C. The molecule has 4 heteroatoms. The van der Waals surface area contributed by atoms with Gasteiger partial charge >= 0.3 is 0 Å². The monoisotopic (exact) mass is 265 g/mol. The van der Waals surface area contributed by atoms with Crippen molar-refractivity contribution < 1.29 is 4.52 Å². The van der Waals surface area contributed by atoms with Crippen molar-refractivity contribution in [1.82, 2.24) is 15.5 Å². The van der Waals surface area contributed by atoms with Gasteiger partial charge in [-0.1, -0.05) is 38.8 Å². The van der Waals surface area contributed by atoms with Crippen LogP contribution >= 0.6 is 0 Å². The molecule has 0 amide bonds. The summed E-state index contributed by atoms with van der Waals surface area (Å²) >= 11 is 0. The van der Waals surface area contributed by atoms with E-state index in [1.54, 1.807) is 0 Å². The molecule has 1 atom stereocenters. The maximum atomic E-state index is 5.43. The first kappa shape index (κ1) is 14.5. The summed E-state index contributed by atoms with van der Waals surface area (Å²) in [6.07, 6.45) is 5.82. The lowest BCUT2D eigenvalue weighted by Gasteiger charge is -2.23. The van der Waals surface area contributed by atoms with Crippen molar-refractivity contribution in [2.45, 2.75) is 64.8 Å². The van der Waals surface area contributed by atoms with E-state index in [2.05, 4.69) is 36.2 Å². The predicted molar refractivity (Wildman–Crippen MR) is 76.1 cm³/mol. The molecule has 1 aromatic rings. The van der Waals surface area contributed by atoms with Crippen molar-refractivity contribution in [1.29, 1.82) is 0 Å². The Labute approximate surface area is 116 Å². The zero-order valence-corrected chi connectivity index (χ0v) is 12.6. The summed E-state index contributed by atoms with van der Waals surface area (Å²) in [6, 6.07) is 0.402. The van der Waals surface area contributed by atoms with Crippen LogP contribution in [0.5, 0.6) is 0 Å². The number of hydrogen-bond acceptors (Lipinski definition) is 4. The van der Waals surface area contributed by atoms with E-state index in [9.17, 15) is 0 Å². The van der Waals surface area contributed by atoms with Gasteiger partial charge in [0.25, 0.3) is 0 Å². The van der Waals surface area contributed by atoms with E-state index in [1.165, 1.54) is 25.7 Å². The van der Waals surface area contributed by atoms with Gasteiger partial charge in [-0.15, -0.1) is 0 Å². The molecule has 2 rings (SSSR count). The molecule has 4 nitrogen and oxygen atoms in total. The van der Waals surface area contributed by atoms with E-state index in [1.807, 2.05) is 7.05 Å². The largest absolute Gasteiger partial charge is 0.339 e. The Hall–Kier alpha value is -0.900. The number of rotatable bonds is 5. The van der Waals surface area contributed by atoms with Crippen molar-refractivity contribution in [3.8, 4) is 0 Å². The van der Waals surface area contributed by atoms with Gasteiger partial charge in [-0.2, -0.15) is 4.98 Å². The quantitative estimate of drug-likeness (QED) is 0.888. The van der Waals surface area contributed by atoms with Crippen molar-refractivity contribution >= 4 is 0 Å². The molecule has 1 saturated carbocycles. The summed E-state index contributed by atoms with van der Waals surface area (Å²) in [4.78, 5) is 4.61. The van der Waals surface area contributed by atoms with Crippen LogP contribution in [0.1, 0.15) is 64.1 Å². The summed E-state index contributed by atoms with van der Waals surface area (Å²) in [7, 11) is 1.99. The molecule has 0 aromatic carbocycles. The van der Waals surface area contributed by atoms with Crippen LogP contribution in [-0.4, -0.2) is 23.2 Å². The summed E-state index contributed by atoms with van der Waals surface area (Å²) in [6.45, 7) is 6.75. The Morgan fingerprint density at radius 3 is 2.53 bits per heavy atom. The summed E-state index contributed by atoms with van der Waals surface area (Å²) in [5.41, 5.74) is 0. The summed E-state index contributed by atoms with van der Waals surface area (Å²) in [5, 5.41) is 7.51. The van der Waals surface area contributed by atoms with Crippen molar-refractivity contribution in [3.05, 3.63) is 11.7 Å². The first-order valence-electron chi connectivity index (χ1n) is 7.60. The highest BCUT2D eigenvalue weighted by Gasteiger charge is 2.24. The van der Waals surface area contributed by atoms with Crippen LogP contribution in [0.15, 0.2) is 4.52 Å². The second-order valence-electron chi connectivity index (χ2n) is 6.35. The van der Waals surface area contributed by atoms with Crippen molar-refractivity contribution in [3.63, 3.8) is 0 Å². The molecule has 1 unspecified atom stereocenters. The van der Waals surface area contributed by atoms with Crippen LogP contribution in [0.25, 0.3) is 0 Å². The third-order valence-corrected chi connectivity index (χ3v) is 4.43. The van der Waals surface area contributed by atoms with E-state index in [-0.39, 0.29) is 0 Å². The van der Waals surface area contributed by atoms with Crippen LogP contribution in [0, 0.1) is 11.8 Å². The summed E-state index contributed by atoms with van der Waals surface area (Å²) < 4.78 is 5.43. The standard InChI is InChI=1S/C15H27N3O/c1-10(2)13(16-4)9-14-17-15(18-19-14)12-7-5-11(3)6-8-12/h10-13,16H,5-9H2,1-4H3. The molecule has 0 saturated heterocycles. The highest BCUT2D eigenvalue weighted by Crippen LogP contribution is 2.34. The lowest BCUT2D eigenvalue weighted by atomic mass is 9.83. The third kappa shape index (κ3) is 3.78. The zero-order chi connectivity index (χ0) is 13.8. The molecular weight excluding hydrogens is 238 g/mol. The molecule has 1 heterocycles. The minimum Gasteiger partial charge on any atom is -0.339 e. The van der Waals surface area contributed by atoms with Gasteiger partial charge < -0.3 is 9.84 Å². The number of nitrogens with zero attached hydrogens (tertiary/aromatic N) is 2. The Morgan fingerprint density at radius 1 is 1.26 bits per heavy atom. The average Bonchev–Trinajstić information content (AvgIpc) is 2.85. The first-order chi connectivity index (χ1) is 9.10. The normalized spacial score (nSPS) is 25.7. The van der Waals surface area contributed by atoms with Crippen LogP contribution in [-0.2, 0) is 6.42 Å². The Bertz CT molecular complexity index is 380. The summed E-state index contributed by atoms with van der Waals surface area (Å²) in [5.74, 6) is 3.65. The predicted octanol–water partition coefficient (Wildman–Crippen LogP) is 3.15. The number of aromatic nitrogens is 2. The number of likely N-dealkylation sites (N-methyl/N-ethyl adjacent to an activating group) is 1. The van der Waals surface area contributed by atoms with Gasteiger partial charge in [0.2, 0.25) is 5.89 Å². The van der Waals surface area contributed by atoms with Crippen LogP contribution in [0.2, 0.25) is 0 Å². The third-order valence-electron chi connectivity index (χ3n) is 4.43. The van der Waals surface area contributed by atoms with Crippen LogP contribution < -0.4 is 5.32 Å². The molecule has 1 aromatic heterocycles. The topological polar surface area (TPSA) is 51.0 Å². The lowest BCUT2D eigenvalue weighted by Crippen LogP contribution is -2.32. The van der Waals surface area contributed by atoms with Crippen molar-refractivity contribution in [2.24, 2.45) is 11.8 Å². The van der Waals surface area contributed by atoms with E-state index >= 15 is 0 Å². The molecule has 0 radical (unpaired) electrons. The zero-order valence-electron chi connectivity index (χ0n) is 12.6. The minimum absolute atomic E-state index is 0.402. The molecule has 0 aliphatic heterocycles. The Balaban J connectivity index is 1.95. The van der Waals surface area contributed by atoms with Crippen LogP contribution in [0.4, 0.5) is 0 Å². The lowest BCUT2D eigenvalue weighted by molar-refractivity contribution is 0.315. The van der Waals surface area contributed by atoms with Gasteiger partial charge in [0.1, 0.15) is 0 Å². The molecule has 1 N–H and O–H groups in total. The second kappa shape index (κ2) is 6.51. The van der Waals surface area contributed by atoms with Gasteiger partial charge in [-0.25, -0.2) is 0 Å². The van der Waals surface area contributed by atoms with E-state index in [0.717, 1.165) is 24.1 Å². The second-order valence-corrected chi connectivity index (χ2v) is 6.35. The fourth-order valence-corrected chi connectivity index (χ4v) is 2.89. The van der Waals surface area contributed by atoms with Gasteiger partial charge in [0.05, 0.1) is 0 Å². The molecular formula is C15H27N3O.